The molecular weight excluding hydrogens is 338 g/mol. The zero-order chi connectivity index (χ0) is 18.2. The summed E-state index contributed by atoms with van der Waals surface area (Å²) in [6.45, 7) is 0.629. The summed E-state index contributed by atoms with van der Waals surface area (Å²) < 4.78 is 8.43. The van der Waals surface area contributed by atoms with Gasteiger partial charge in [0.15, 0.2) is 0 Å². The van der Waals surface area contributed by atoms with Gasteiger partial charge >= 0.3 is 0 Å². The number of nitrogens with two attached hydrogens (primary N) is 1. The number of nitrogen functional groups attached to an aromatic ring is 1. The van der Waals surface area contributed by atoms with E-state index in [0.29, 0.717) is 18.5 Å². The number of rotatable bonds is 4. The van der Waals surface area contributed by atoms with Gasteiger partial charge in [-0.15, -0.1) is 0 Å². The van der Waals surface area contributed by atoms with Gasteiger partial charge in [-0.3, -0.25) is 4.98 Å². The number of hydrogen-bond acceptors (Lipinski definition) is 5. The van der Waals surface area contributed by atoms with Gasteiger partial charge in [0, 0.05) is 23.8 Å². The Balaban J connectivity index is 1.27. The van der Waals surface area contributed by atoms with E-state index in [1.165, 1.54) is 11.9 Å². The van der Waals surface area contributed by atoms with E-state index >= 15 is 0 Å². The summed E-state index contributed by atoms with van der Waals surface area (Å²) >= 11 is 0. The Morgan fingerprint density at radius 3 is 3.04 bits per heavy atom. The van der Waals surface area contributed by atoms with Gasteiger partial charge in [0.05, 0.1) is 23.6 Å². The number of aromatic nitrogens is 4. The number of anilines is 1. The van der Waals surface area contributed by atoms with Crippen molar-refractivity contribution in [3.8, 4) is 0 Å². The molecular formula is C21H21N5O. The largest absolute Gasteiger partial charge is 0.383 e. The Morgan fingerprint density at radius 1 is 1.11 bits per heavy atom. The molecule has 0 amide bonds. The molecule has 0 spiro atoms. The van der Waals surface area contributed by atoms with Crippen molar-refractivity contribution in [2.45, 2.75) is 38.0 Å². The molecule has 136 valence electrons. The lowest BCUT2D eigenvalue weighted by molar-refractivity contribution is 0.0434. The van der Waals surface area contributed by atoms with Crippen LogP contribution >= 0.6 is 0 Å². The lowest BCUT2D eigenvalue weighted by Crippen LogP contribution is -2.11. The van der Waals surface area contributed by atoms with E-state index in [4.69, 9.17) is 10.5 Å². The van der Waals surface area contributed by atoms with Crippen molar-refractivity contribution in [3.63, 3.8) is 0 Å². The molecule has 6 heteroatoms. The van der Waals surface area contributed by atoms with Crippen LogP contribution in [0.25, 0.3) is 21.9 Å². The maximum atomic E-state index is 6.21. The summed E-state index contributed by atoms with van der Waals surface area (Å²) in [6.07, 6.45) is 8.81. The zero-order valence-corrected chi connectivity index (χ0v) is 15.0. The van der Waals surface area contributed by atoms with E-state index in [-0.39, 0.29) is 6.10 Å². The lowest BCUT2D eigenvalue weighted by Gasteiger charge is -2.15. The van der Waals surface area contributed by atoms with E-state index in [9.17, 15) is 0 Å². The SMILES string of the molecule is Nc1ncnc2c1ccn2[C@H]1CC[C@@H](OCc2ccc3ncccc3c2)C1. The molecule has 2 atom stereocenters. The second kappa shape index (κ2) is 6.63. The van der Waals surface area contributed by atoms with E-state index in [0.717, 1.165) is 41.2 Å². The molecule has 0 saturated heterocycles. The van der Waals surface area contributed by atoms with Gasteiger partial charge in [-0.1, -0.05) is 12.1 Å². The minimum Gasteiger partial charge on any atom is -0.383 e. The molecule has 0 aliphatic heterocycles. The third-order valence-corrected chi connectivity index (χ3v) is 5.44. The third kappa shape index (κ3) is 3.02. The molecule has 3 aromatic heterocycles. The minimum atomic E-state index is 0.260. The molecule has 3 heterocycles. The average molecular weight is 359 g/mol. The van der Waals surface area contributed by atoms with E-state index < -0.39 is 0 Å². The van der Waals surface area contributed by atoms with Crippen molar-refractivity contribution < 1.29 is 4.74 Å². The lowest BCUT2D eigenvalue weighted by atomic mass is 10.1. The summed E-state index contributed by atoms with van der Waals surface area (Å²) in [4.78, 5) is 12.9. The van der Waals surface area contributed by atoms with Crippen LogP contribution in [0.15, 0.2) is 55.1 Å². The maximum Gasteiger partial charge on any atom is 0.145 e. The van der Waals surface area contributed by atoms with Gasteiger partial charge in [-0.05, 0) is 49.1 Å². The highest BCUT2D eigenvalue weighted by Gasteiger charge is 2.27. The van der Waals surface area contributed by atoms with Crippen LogP contribution in [0.4, 0.5) is 5.82 Å². The molecule has 1 fully saturated rings. The molecule has 27 heavy (non-hydrogen) atoms. The highest BCUT2D eigenvalue weighted by atomic mass is 16.5. The van der Waals surface area contributed by atoms with Gasteiger partial charge in [0.2, 0.25) is 0 Å². The molecule has 1 aliphatic rings. The van der Waals surface area contributed by atoms with Crippen LogP contribution in [0.5, 0.6) is 0 Å². The van der Waals surface area contributed by atoms with Gasteiger partial charge in [0.1, 0.15) is 17.8 Å². The predicted molar refractivity (Wildman–Crippen MR) is 105 cm³/mol. The Bertz CT molecular complexity index is 1110. The van der Waals surface area contributed by atoms with Crippen molar-refractivity contribution >= 4 is 27.8 Å². The van der Waals surface area contributed by atoms with E-state index in [2.05, 4.69) is 50.0 Å². The molecule has 6 nitrogen and oxygen atoms in total. The van der Waals surface area contributed by atoms with E-state index in [1.54, 1.807) is 0 Å². The molecule has 4 aromatic rings. The summed E-state index contributed by atoms with van der Waals surface area (Å²) in [6, 6.07) is 12.8. The minimum absolute atomic E-state index is 0.260. The molecule has 2 N–H and O–H groups in total. The highest BCUT2D eigenvalue weighted by Crippen LogP contribution is 2.35. The van der Waals surface area contributed by atoms with Gasteiger partial charge in [-0.25, -0.2) is 9.97 Å². The van der Waals surface area contributed by atoms with Crippen LogP contribution < -0.4 is 5.73 Å². The first-order chi connectivity index (χ1) is 13.3. The van der Waals surface area contributed by atoms with Crippen LogP contribution in [0, 0.1) is 0 Å². The standard InChI is InChI=1S/C21H21N5O/c22-20-18-7-9-26(21(18)25-13-24-20)16-4-5-17(11-16)27-12-14-3-6-19-15(10-14)2-1-8-23-19/h1-3,6-10,13,16-17H,4-5,11-12H2,(H2,22,24,25)/t16-,17+/m0/s1. The maximum absolute atomic E-state index is 6.21. The fraction of sp³-hybridized carbons (Fsp3) is 0.286. The van der Waals surface area contributed by atoms with Crippen molar-refractivity contribution in [2.75, 3.05) is 5.73 Å². The summed E-state index contributed by atoms with van der Waals surface area (Å²) in [5.41, 5.74) is 9.07. The fourth-order valence-corrected chi connectivity index (χ4v) is 4.04. The first kappa shape index (κ1) is 16.2. The monoisotopic (exact) mass is 359 g/mol. The first-order valence-electron chi connectivity index (χ1n) is 9.30. The number of ether oxygens (including phenoxy) is 1. The predicted octanol–water partition coefficient (Wildman–Crippen LogP) is 3.87. The summed E-state index contributed by atoms with van der Waals surface area (Å²) in [7, 11) is 0. The molecule has 1 aliphatic carbocycles. The molecule has 1 aromatic carbocycles. The number of pyridine rings is 1. The first-order valence-corrected chi connectivity index (χ1v) is 9.30. The molecule has 5 rings (SSSR count). The van der Waals surface area contributed by atoms with Crippen molar-refractivity contribution in [3.05, 3.63) is 60.7 Å². The van der Waals surface area contributed by atoms with Gasteiger partial charge in [0.25, 0.3) is 0 Å². The molecule has 0 unspecified atom stereocenters. The van der Waals surface area contributed by atoms with Gasteiger partial charge in [-0.2, -0.15) is 0 Å². The van der Waals surface area contributed by atoms with Crippen molar-refractivity contribution in [1.82, 2.24) is 19.5 Å². The zero-order valence-electron chi connectivity index (χ0n) is 15.0. The molecule has 0 bridgehead atoms. The topological polar surface area (TPSA) is 78.8 Å². The van der Waals surface area contributed by atoms with Crippen LogP contribution in [0.2, 0.25) is 0 Å². The number of hydrogen-bond donors (Lipinski definition) is 1. The smallest absolute Gasteiger partial charge is 0.145 e. The summed E-state index contributed by atoms with van der Waals surface area (Å²) in [5, 5.41) is 2.07. The second-order valence-corrected chi connectivity index (χ2v) is 7.15. The molecule has 0 radical (unpaired) electrons. The average Bonchev–Trinajstić information content (AvgIpc) is 3.33. The highest BCUT2D eigenvalue weighted by molar-refractivity contribution is 5.86. The Labute approximate surface area is 157 Å². The van der Waals surface area contributed by atoms with E-state index in [1.807, 2.05) is 18.3 Å². The number of benzene rings is 1. The third-order valence-electron chi connectivity index (χ3n) is 5.44. The Hall–Kier alpha value is -2.99. The number of fused-ring (bicyclic) bond motifs is 2. The molecule has 1 saturated carbocycles. The Morgan fingerprint density at radius 2 is 2.07 bits per heavy atom. The van der Waals surface area contributed by atoms with Crippen LogP contribution in [-0.2, 0) is 11.3 Å². The Kier molecular flexibility index (Phi) is 3.98. The summed E-state index contributed by atoms with van der Waals surface area (Å²) in [5.74, 6) is 0.537. The fourth-order valence-electron chi connectivity index (χ4n) is 4.04. The number of nitrogens with zero attached hydrogens (tertiary/aromatic N) is 4. The van der Waals surface area contributed by atoms with Crippen LogP contribution in [-0.4, -0.2) is 25.6 Å². The quantitative estimate of drug-likeness (QED) is 0.598. The van der Waals surface area contributed by atoms with Crippen molar-refractivity contribution in [2.24, 2.45) is 0 Å². The van der Waals surface area contributed by atoms with Crippen molar-refractivity contribution in [1.29, 1.82) is 0 Å². The van der Waals surface area contributed by atoms with Gasteiger partial charge < -0.3 is 15.0 Å². The second-order valence-electron chi connectivity index (χ2n) is 7.15. The van der Waals surface area contributed by atoms with Crippen LogP contribution in [0.1, 0.15) is 30.9 Å². The normalized spacial score (nSPS) is 19.9. The van der Waals surface area contributed by atoms with Crippen LogP contribution in [0.3, 0.4) is 0 Å².